The summed E-state index contributed by atoms with van der Waals surface area (Å²) in [5.41, 5.74) is 2.18. The summed E-state index contributed by atoms with van der Waals surface area (Å²) in [4.78, 5) is 12.1. The van der Waals surface area contributed by atoms with E-state index in [-0.39, 0.29) is 41.2 Å². The maximum absolute atomic E-state index is 12.1. The molecule has 0 aromatic heterocycles. The van der Waals surface area contributed by atoms with Gasteiger partial charge in [-0.25, -0.2) is 4.57 Å². The maximum atomic E-state index is 12.1. The van der Waals surface area contributed by atoms with Gasteiger partial charge in [0.1, 0.15) is 11.5 Å². The van der Waals surface area contributed by atoms with E-state index in [1.165, 1.54) is 0 Å². The van der Waals surface area contributed by atoms with Crippen molar-refractivity contribution in [1.82, 2.24) is 0 Å². The smallest absolute Gasteiger partial charge is 0.736 e. The molecule has 0 fully saturated rings. The van der Waals surface area contributed by atoms with Crippen LogP contribution in [0.1, 0.15) is 52.7 Å². The minimum absolute atomic E-state index is 0. The summed E-state index contributed by atoms with van der Waals surface area (Å²) in [6.07, 6.45) is 0. The molecule has 2 rings (SSSR count). The van der Waals surface area contributed by atoms with Crippen LogP contribution in [0.15, 0.2) is 48.5 Å². The first-order chi connectivity index (χ1) is 11.4. The molecule has 2 aromatic rings. The SMILES string of the molecule is CC(C)(C)c1ccc(OP(=O)([O-])Oc2ccc(C(C)(C)C)cc2)cc1.[Li+]. The van der Waals surface area contributed by atoms with Crippen molar-refractivity contribution < 1.29 is 37.4 Å². The van der Waals surface area contributed by atoms with Crippen molar-refractivity contribution in [3.63, 3.8) is 0 Å². The molecule has 0 radical (unpaired) electrons. The standard InChI is InChI=1S/C20H27O4P.Li/c1-19(2,3)15-7-11-17(12-8-15)23-25(21,22)24-18-13-9-16(10-14-18)20(4,5)6;/h7-14H,1-6H3,(H,21,22);/q;+1/p-1. The molecule has 0 bridgehead atoms. The van der Waals surface area contributed by atoms with Crippen molar-refractivity contribution in [3.8, 4) is 11.5 Å². The molecule has 0 heterocycles. The summed E-state index contributed by atoms with van der Waals surface area (Å²) >= 11 is 0. The average Bonchev–Trinajstić information content (AvgIpc) is 2.45. The van der Waals surface area contributed by atoms with Crippen LogP contribution in [-0.4, -0.2) is 0 Å². The molecule has 0 amide bonds. The zero-order valence-corrected chi connectivity index (χ0v) is 17.6. The Morgan fingerprint density at radius 1 is 0.692 bits per heavy atom. The van der Waals surface area contributed by atoms with Crippen molar-refractivity contribution in [2.75, 3.05) is 0 Å². The second-order valence-electron chi connectivity index (χ2n) is 8.18. The molecule has 4 nitrogen and oxygen atoms in total. The zero-order valence-electron chi connectivity index (χ0n) is 16.7. The predicted molar refractivity (Wildman–Crippen MR) is 99.1 cm³/mol. The summed E-state index contributed by atoms with van der Waals surface area (Å²) in [5, 5.41) is 0. The van der Waals surface area contributed by atoms with Gasteiger partial charge in [-0.15, -0.1) is 0 Å². The van der Waals surface area contributed by atoms with Gasteiger partial charge in [0.25, 0.3) is 0 Å². The van der Waals surface area contributed by atoms with E-state index in [1.54, 1.807) is 24.3 Å². The number of rotatable bonds is 4. The number of benzene rings is 2. The summed E-state index contributed by atoms with van der Waals surface area (Å²) in [6, 6.07) is 14.0. The van der Waals surface area contributed by atoms with Gasteiger partial charge in [-0.2, -0.15) is 0 Å². The second kappa shape index (κ2) is 8.24. The normalized spacial score (nSPS) is 12.3. The van der Waals surface area contributed by atoms with Crippen LogP contribution >= 0.6 is 7.82 Å². The summed E-state index contributed by atoms with van der Waals surface area (Å²) in [7, 11) is -4.50. The number of hydrogen-bond donors (Lipinski definition) is 0. The number of phosphoric acid groups is 1. The van der Waals surface area contributed by atoms with E-state index in [2.05, 4.69) is 41.5 Å². The molecule has 2 aromatic carbocycles. The maximum Gasteiger partial charge on any atom is 1.00 e. The Labute approximate surface area is 168 Å². The predicted octanol–water partition coefficient (Wildman–Crippen LogP) is 2.21. The van der Waals surface area contributed by atoms with Gasteiger partial charge in [-0.05, 0) is 46.2 Å². The van der Waals surface area contributed by atoms with Crippen molar-refractivity contribution in [3.05, 3.63) is 59.7 Å². The Kier molecular flexibility index (Phi) is 7.24. The minimum atomic E-state index is -4.50. The molecule has 0 saturated carbocycles. The fourth-order valence-corrected chi connectivity index (χ4v) is 3.11. The van der Waals surface area contributed by atoms with Crippen LogP contribution < -0.4 is 32.8 Å². The molecule has 26 heavy (non-hydrogen) atoms. The molecule has 0 spiro atoms. The summed E-state index contributed by atoms with van der Waals surface area (Å²) in [5.74, 6) is 0.468. The van der Waals surface area contributed by atoms with Gasteiger partial charge in [-0.3, -0.25) is 0 Å². The fraction of sp³-hybridized carbons (Fsp3) is 0.400. The van der Waals surface area contributed by atoms with E-state index in [0.29, 0.717) is 0 Å². The molecular weight excluding hydrogens is 342 g/mol. The van der Waals surface area contributed by atoms with Gasteiger partial charge >= 0.3 is 26.7 Å². The van der Waals surface area contributed by atoms with Crippen molar-refractivity contribution in [2.24, 2.45) is 0 Å². The second-order valence-corrected chi connectivity index (χ2v) is 9.44. The summed E-state index contributed by atoms with van der Waals surface area (Å²) in [6.45, 7) is 12.5. The molecule has 6 heteroatoms. The Balaban J connectivity index is 0.00000338. The molecule has 0 aliphatic heterocycles. The van der Waals surface area contributed by atoms with Crippen molar-refractivity contribution >= 4 is 7.82 Å². The van der Waals surface area contributed by atoms with Crippen LogP contribution in [0.25, 0.3) is 0 Å². The van der Waals surface area contributed by atoms with Crippen LogP contribution in [0.5, 0.6) is 11.5 Å². The van der Waals surface area contributed by atoms with Crippen LogP contribution in [0.3, 0.4) is 0 Å². The quantitative estimate of drug-likeness (QED) is 0.613. The van der Waals surface area contributed by atoms with Crippen LogP contribution in [0.2, 0.25) is 0 Å². The molecule has 0 aliphatic rings. The summed E-state index contributed by atoms with van der Waals surface area (Å²) < 4.78 is 22.2. The Bertz CT molecular complexity index is 693. The third-order valence-corrected chi connectivity index (χ3v) is 4.74. The van der Waals surface area contributed by atoms with Gasteiger partial charge in [0.2, 0.25) is 0 Å². The Morgan fingerprint density at radius 3 is 1.19 bits per heavy atom. The third kappa shape index (κ3) is 6.52. The zero-order chi connectivity index (χ0) is 18.9. The van der Waals surface area contributed by atoms with E-state index in [9.17, 15) is 9.46 Å². The first-order valence-electron chi connectivity index (χ1n) is 8.28. The Morgan fingerprint density at radius 2 is 0.962 bits per heavy atom. The largest absolute Gasteiger partial charge is 1.00 e. The fourth-order valence-electron chi connectivity index (χ4n) is 2.31. The van der Waals surface area contributed by atoms with Gasteiger partial charge in [-0.1, -0.05) is 65.8 Å². The minimum Gasteiger partial charge on any atom is -0.736 e. The molecule has 0 atom stereocenters. The van der Waals surface area contributed by atoms with E-state index < -0.39 is 7.82 Å². The Hall–Kier alpha value is -1.17. The van der Waals surface area contributed by atoms with Gasteiger partial charge in [0.15, 0.2) is 0 Å². The first-order valence-corrected chi connectivity index (χ1v) is 9.74. The first kappa shape index (κ1) is 22.9. The van der Waals surface area contributed by atoms with Gasteiger partial charge in [0.05, 0.1) is 0 Å². The molecule has 136 valence electrons. The third-order valence-electron chi connectivity index (χ3n) is 3.88. The topological polar surface area (TPSA) is 58.6 Å². The van der Waals surface area contributed by atoms with Gasteiger partial charge in [0, 0.05) is 0 Å². The molecular formula is C20H26LiO4P. The molecule has 0 unspecified atom stereocenters. The number of phosphoric ester groups is 1. The van der Waals surface area contributed by atoms with Crippen LogP contribution in [0.4, 0.5) is 0 Å². The molecule has 0 saturated heterocycles. The van der Waals surface area contributed by atoms with E-state index in [4.69, 9.17) is 9.05 Å². The van der Waals surface area contributed by atoms with Crippen molar-refractivity contribution in [1.29, 1.82) is 0 Å². The van der Waals surface area contributed by atoms with Crippen molar-refractivity contribution in [2.45, 2.75) is 52.4 Å². The van der Waals surface area contributed by atoms with Gasteiger partial charge < -0.3 is 13.9 Å². The monoisotopic (exact) mass is 368 g/mol. The number of hydrogen-bond acceptors (Lipinski definition) is 4. The molecule has 0 aliphatic carbocycles. The van der Waals surface area contributed by atoms with E-state index >= 15 is 0 Å². The van der Waals surface area contributed by atoms with Crippen LogP contribution in [0, 0.1) is 0 Å². The molecule has 0 N–H and O–H groups in total. The average molecular weight is 368 g/mol. The van der Waals surface area contributed by atoms with E-state index in [0.717, 1.165) is 11.1 Å². The van der Waals surface area contributed by atoms with Crippen LogP contribution in [-0.2, 0) is 15.4 Å². The van der Waals surface area contributed by atoms with E-state index in [1.807, 2.05) is 24.3 Å².